The molecule has 1 aliphatic rings. The number of amides is 2. The van der Waals surface area contributed by atoms with Crippen LogP contribution in [-0.4, -0.2) is 65.3 Å². The quantitative estimate of drug-likeness (QED) is 0.802. The molecule has 1 atom stereocenters. The van der Waals surface area contributed by atoms with Gasteiger partial charge in [0.1, 0.15) is 0 Å². The number of carboxylic acids is 1. The van der Waals surface area contributed by atoms with E-state index in [1.165, 1.54) is 4.90 Å². The summed E-state index contributed by atoms with van der Waals surface area (Å²) in [6.45, 7) is 4.71. The summed E-state index contributed by atoms with van der Waals surface area (Å²) >= 11 is 0. The van der Waals surface area contributed by atoms with E-state index in [4.69, 9.17) is 15.1 Å². The van der Waals surface area contributed by atoms with Crippen molar-refractivity contribution in [1.29, 1.82) is 5.26 Å². The third-order valence-electron chi connectivity index (χ3n) is 2.95. The minimum absolute atomic E-state index is 0.0352. The van der Waals surface area contributed by atoms with Crippen molar-refractivity contribution in [1.82, 2.24) is 9.80 Å². The average molecular weight is 269 g/mol. The predicted octanol–water partition coefficient (Wildman–Crippen LogP) is 0.516. The van der Waals surface area contributed by atoms with E-state index in [1.807, 2.05) is 19.9 Å². The number of aliphatic carboxylic acids is 1. The number of hydrogen-bond donors (Lipinski definition) is 1. The van der Waals surface area contributed by atoms with Crippen LogP contribution < -0.4 is 0 Å². The molecule has 0 aromatic carbocycles. The van der Waals surface area contributed by atoms with Crippen LogP contribution in [0.3, 0.4) is 0 Å². The molecule has 0 aliphatic carbocycles. The Hall–Kier alpha value is -1.81. The van der Waals surface area contributed by atoms with E-state index in [1.54, 1.807) is 4.90 Å². The van der Waals surface area contributed by atoms with Crippen molar-refractivity contribution in [2.75, 3.05) is 26.2 Å². The van der Waals surface area contributed by atoms with E-state index in [-0.39, 0.29) is 31.6 Å². The second kappa shape index (κ2) is 6.95. The molecule has 19 heavy (non-hydrogen) atoms. The second-order valence-electron chi connectivity index (χ2n) is 4.62. The van der Waals surface area contributed by atoms with Crippen molar-refractivity contribution < 1.29 is 19.4 Å². The number of morpholine rings is 1. The summed E-state index contributed by atoms with van der Waals surface area (Å²) < 4.78 is 5.08. The molecule has 0 aromatic rings. The third-order valence-corrected chi connectivity index (χ3v) is 2.95. The van der Waals surface area contributed by atoms with Crippen molar-refractivity contribution >= 4 is 12.0 Å². The largest absolute Gasteiger partial charge is 0.479 e. The molecule has 0 bridgehead atoms. The number of carboxylic acid groups (broad SMARTS) is 1. The number of carbonyl (C=O) groups is 2. The van der Waals surface area contributed by atoms with Crippen molar-refractivity contribution in [2.24, 2.45) is 0 Å². The average Bonchev–Trinajstić information content (AvgIpc) is 2.38. The molecular formula is C12H19N3O4. The lowest BCUT2D eigenvalue weighted by Gasteiger charge is -2.36. The number of hydrogen-bond acceptors (Lipinski definition) is 4. The number of urea groups is 1. The van der Waals surface area contributed by atoms with Gasteiger partial charge in [0.2, 0.25) is 0 Å². The highest BCUT2D eigenvalue weighted by molar-refractivity contribution is 5.77. The molecule has 0 aromatic heterocycles. The van der Waals surface area contributed by atoms with Crippen molar-refractivity contribution in [2.45, 2.75) is 32.4 Å². The van der Waals surface area contributed by atoms with Gasteiger partial charge in [0, 0.05) is 19.1 Å². The van der Waals surface area contributed by atoms with Gasteiger partial charge in [-0.2, -0.15) is 5.26 Å². The fourth-order valence-corrected chi connectivity index (χ4v) is 1.90. The van der Waals surface area contributed by atoms with E-state index in [0.29, 0.717) is 13.1 Å². The Morgan fingerprint density at radius 3 is 2.79 bits per heavy atom. The lowest BCUT2D eigenvalue weighted by atomic mass is 10.2. The molecule has 1 rings (SSSR count). The lowest BCUT2D eigenvalue weighted by Crippen LogP contribution is -2.54. The van der Waals surface area contributed by atoms with Crippen LogP contribution in [0, 0.1) is 11.3 Å². The minimum atomic E-state index is -1.06. The van der Waals surface area contributed by atoms with Gasteiger partial charge >= 0.3 is 12.0 Å². The zero-order chi connectivity index (χ0) is 14.4. The maximum atomic E-state index is 12.3. The van der Waals surface area contributed by atoms with Gasteiger partial charge in [0.05, 0.1) is 25.6 Å². The van der Waals surface area contributed by atoms with E-state index in [0.717, 1.165) is 0 Å². The van der Waals surface area contributed by atoms with E-state index < -0.39 is 12.1 Å². The number of rotatable bonds is 4. The van der Waals surface area contributed by atoms with Gasteiger partial charge in [-0.15, -0.1) is 0 Å². The Morgan fingerprint density at radius 2 is 2.26 bits per heavy atom. The smallest absolute Gasteiger partial charge is 0.334 e. The monoisotopic (exact) mass is 269 g/mol. The molecule has 1 N–H and O–H groups in total. The van der Waals surface area contributed by atoms with Gasteiger partial charge in [0.15, 0.2) is 6.10 Å². The molecule has 1 heterocycles. The van der Waals surface area contributed by atoms with Gasteiger partial charge in [-0.3, -0.25) is 0 Å². The first-order valence-electron chi connectivity index (χ1n) is 6.24. The molecular weight excluding hydrogens is 250 g/mol. The topological polar surface area (TPSA) is 93.9 Å². The standard InChI is InChI=1S/C12H19N3O4/c1-9(2)15(5-3-4-13)12(18)14-6-7-19-10(8-14)11(16)17/h9-10H,3,5-8H2,1-2H3,(H,16,17). The van der Waals surface area contributed by atoms with Crippen LogP contribution in [0.4, 0.5) is 4.79 Å². The van der Waals surface area contributed by atoms with E-state index in [2.05, 4.69) is 0 Å². The van der Waals surface area contributed by atoms with Gasteiger partial charge < -0.3 is 19.6 Å². The second-order valence-corrected chi connectivity index (χ2v) is 4.62. The summed E-state index contributed by atoms with van der Waals surface area (Å²) in [5, 5.41) is 17.5. The van der Waals surface area contributed by atoms with Crippen LogP contribution in [0.25, 0.3) is 0 Å². The van der Waals surface area contributed by atoms with Crippen LogP contribution in [-0.2, 0) is 9.53 Å². The zero-order valence-corrected chi connectivity index (χ0v) is 11.2. The highest BCUT2D eigenvalue weighted by Gasteiger charge is 2.31. The van der Waals surface area contributed by atoms with Crippen molar-refractivity contribution in [3.05, 3.63) is 0 Å². The van der Waals surface area contributed by atoms with Gasteiger partial charge in [-0.1, -0.05) is 0 Å². The summed E-state index contributed by atoms with van der Waals surface area (Å²) in [7, 11) is 0. The molecule has 106 valence electrons. The molecule has 2 amide bonds. The Kier molecular flexibility index (Phi) is 5.57. The number of carbonyl (C=O) groups excluding carboxylic acids is 1. The normalized spacial score (nSPS) is 19.1. The maximum absolute atomic E-state index is 12.3. The van der Waals surface area contributed by atoms with E-state index in [9.17, 15) is 9.59 Å². The lowest BCUT2D eigenvalue weighted by molar-refractivity contribution is -0.154. The number of ether oxygens (including phenoxy) is 1. The fraction of sp³-hybridized carbons (Fsp3) is 0.750. The molecule has 0 saturated carbocycles. The molecule has 1 aliphatic heterocycles. The molecule has 1 saturated heterocycles. The van der Waals surface area contributed by atoms with Gasteiger partial charge in [-0.25, -0.2) is 9.59 Å². The summed E-state index contributed by atoms with van der Waals surface area (Å²) in [4.78, 5) is 26.2. The Bertz CT molecular complexity index is 378. The fourth-order valence-electron chi connectivity index (χ4n) is 1.90. The molecule has 7 heteroatoms. The highest BCUT2D eigenvalue weighted by Crippen LogP contribution is 2.11. The first-order chi connectivity index (χ1) is 8.97. The Balaban J connectivity index is 2.68. The molecule has 7 nitrogen and oxygen atoms in total. The SMILES string of the molecule is CC(C)N(CCC#N)C(=O)N1CCOC(C(=O)O)C1. The number of nitriles is 1. The molecule has 0 spiro atoms. The summed E-state index contributed by atoms with van der Waals surface area (Å²) in [6, 6.07) is 1.74. The van der Waals surface area contributed by atoms with Crippen molar-refractivity contribution in [3.63, 3.8) is 0 Å². The van der Waals surface area contributed by atoms with Crippen LogP contribution in [0.1, 0.15) is 20.3 Å². The van der Waals surface area contributed by atoms with Crippen molar-refractivity contribution in [3.8, 4) is 6.07 Å². The Labute approximate surface area is 112 Å². The maximum Gasteiger partial charge on any atom is 0.334 e. The summed E-state index contributed by atoms with van der Waals surface area (Å²) in [5.41, 5.74) is 0. The van der Waals surface area contributed by atoms with Gasteiger partial charge in [-0.05, 0) is 13.8 Å². The molecule has 1 fully saturated rings. The molecule has 1 unspecified atom stereocenters. The summed E-state index contributed by atoms with van der Waals surface area (Å²) in [5.74, 6) is -1.06. The van der Waals surface area contributed by atoms with E-state index >= 15 is 0 Å². The van der Waals surface area contributed by atoms with Gasteiger partial charge in [0.25, 0.3) is 0 Å². The predicted molar refractivity (Wildman–Crippen MR) is 66.4 cm³/mol. The Morgan fingerprint density at radius 1 is 1.58 bits per heavy atom. The first-order valence-corrected chi connectivity index (χ1v) is 6.24. The van der Waals surface area contributed by atoms with Crippen LogP contribution in [0.15, 0.2) is 0 Å². The van der Waals surface area contributed by atoms with Crippen LogP contribution in [0.2, 0.25) is 0 Å². The van der Waals surface area contributed by atoms with Crippen LogP contribution in [0.5, 0.6) is 0 Å². The third kappa shape index (κ3) is 4.10. The highest BCUT2D eigenvalue weighted by atomic mass is 16.5. The molecule has 0 radical (unpaired) electrons. The minimum Gasteiger partial charge on any atom is -0.479 e. The van der Waals surface area contributed by atoms with Crippen LogP contribution >= 0.6 is 0 Å². The number of nitrogens with zero attached hydrogens (tertiary/aromatic N) is 3. The summed E-state index contributed by atoms with van der Waals surface area (Å²) in [6.07, 6.45) is -0.709. The first kappa shape index (κ1) is 15.2. The zero-order valence-electron chi connectivity index (χ0n) is 11.2.